The fourth-order valence-corrected chi connectivity index (χ4v) is 6.07. The van der Waals surface area contributed by atoms with Gasteiger partial charge in [-0.3, -0.25) is 14.4 Å². The van der Waals surface area contributed by atoms with Crippen LogP contribution in [0.1, 0.15) is 187 Å². The van der Waals surface area contributed by atoms with Crippen molar-refractivity contribution in [3.8, 4) is 0 Å². The van der Waals surface area contributed by atoms with Crippen molar-refractivity contribution in [2.45, 2.75) is 205 Å². The number of carboxylic acids is 1. The molecule has 3 unspecified atom stereocenters. The van der Waals surface area contributed by atoms with Crippen molar-refractivity contribution in [2.24, 2.45) is 11.5 Å². The van der Waals surface area contributed by atoms with Crippen LogP contribution in [0.3, 0.4) is 0 Å². The number of rotatable bonds is 35. The van der Waals surface area contributed by atoms with E-state index in [4.69, 9.17) is 11.5 Å². The molecule has 0 radical (unpaired) electrons. The van der Waals surface area contributed by atoms with E-state index in [0.717, 1.165) is 70.6 Å². The molecule has 0 aromatic carbocycles. The minimum Gasteiger partial charge on any atom is -0.480 e. The first-order valence-corrected chi connectivity index (χ1v) is 19.8. The predicted molar refractivity (Wildman–Crippen MR) is 198 cm³/mol. The van der Waals surface area contributed by atoms with Gasteiger partial charge in [-0.15, -0.1) is 0 Å². The maximum absolute atomic E-state index is 13.4. The Labute approximate surface area is 293 Å². The van der Waals surface area contributed by atoms with Crippen LogP contribution in [0.2, 0.25) is 0 Å². The van der Waals surface area contributed by atoms with Gasteiger partial charge in [-0.25, -0.2) is 4.79 Å². The maximum atomic E-state index is 13.4. The number of amides is 3. The fourth-order valence-electron chi connectivity index (χ4n) is 6.07. The van der Waals surface area contributed by atoms with Gasteiger partial charge in [0.05, 0.1) is 0 Å². The number of carbonyl (C=O) groups excluding carboxylic acids is 3. The fraction of sp³-hybridized carbons (Fsp3) is 0.895. The van der Waals surface area contributed by atoms with E-state index in [9.17, 15) is 24.3 Å². The van der Waals surface area contributed by atoms with Crippen molar-refractivity contribution in [1.29, 1.82) is 0 Å². The number of carbonyl (C=O) groups is 4. The summed E-state index contributed by atoms with van der Waals surface area (Å²) >= 11 is 0. The van der Waals surface area contributed by atoms with Crippen molar-refractivity contribution >= 4 is 23.7 Å². The summed E-state index contributed by atoms with van der Waals surface area (Å²) in [7, 11) is 0. The molecule has 0 saturated carbocycles. The van der Waals surface area contributed by atoms with Crippen LogP contribution in [0.15, 0.2) is 0 Å². The highest BCUT2D eigenvalue weighted by atomic mass is 16.4. The maximum Gasteiger partial charge on any atom is 0.326 e. The highest BCUT2D eigenvalue weighted by Crippen LogP contribution is 2.14. The molecule has 10 nitrogen and oxygen atoms in total. The Bertz CT molecular complexity index is 812. The molecule has 0 bridgehead atoms. The van der Waals surface area contributed by atoms with Crippen molar-refractivity contribution in [3.05, 3.63) is 0 Å². The van der Waals surface area contributed by atoms with E-state index >= 15 is 0 Å². The summed E-state index contributed by atoms with van der Waals surface area (Å²) in [6, 6.07) is -1.51. The average Bonchev–Trinajstić information content (AvgIpc) is 3.06. The van der Waals surface area contributed by atoms with Crippen LogP contribution in [0.4, 0.5) is 0 Å². The molecule has 48 heavy (non-hydrogen) atoms. The lowest BCUT2D eigenvalue weighted by molar-refractivity contribution is -0.142. The average molecular weight is 682 g/mol. The highest BCUT2D eigenvalue weighted by molar-refractivity contribution is 5.87. The van der Waals surface area contributed by atoms with Crippen LogP contribution in [-0.4, -0.2) is 60.0 Å². The second-order valence-corrected chi connectivity index (χ2v) is 13.7. The first-order chi connectivity index (χ1) is 23.3. The molecule has 0 fully saturated rings. The van der Waals surface area contributed by atoms with Crippen molar-refractivity contribution < 1.29 is 24.3 Å². The van der Waals surface area contributed by atoms with Gasteiger partial charge in [0, 0.05) is 18.9 Å². The zero-order valence-electron chi connectivity index (χ0n) is 31.0. The van der Waals surface area contributed by atoms with E-state index in [0.29, 0.717) is 45.2 Å². The van der Waals surface area contributed by atoms with Crippen LogP contribution < -0.4 is 27.4 Å². The summed E-state index contributed by atoms with van der Waals surface area (Å²) in [6.45, 7) is 5.42. The van der Waals surface area contributed by atoms with Gasteiger partial charge < -0.3 is 32.5 Å². The third kappa shape index (κ3) is 27.7. The quantitative estimate of drug-likeness (QED) is 0.0390. The third-order valence-corrected chi connectivity index (χ3v) is 9.15. The second kappa shape index (κ2) is 33.3. The number of unbranched alkanes of at least 4 members (excludes halogenated alkanes) is 16. The zero-order chi connectivity index (χ0) is 35.7. The number of nitrogens with two attached hydrogens (primary N) is 2. The topological polar surface area (TPSA) is 177 Å². The Balaban J connectivity index is 4.60. The van der Waals surface area contributed by atoms with Gasteiger partial charge in [-0.2, -0.15) is 0 Å². The molecule has 0 aromatic heterocycles. The molecule has 0 aliphatic rings. The van der Waals surface area contributed by atoms with Gasteiger partial charge in [-0.1, -0.05) is 110 Å². The first kappa shape index (κ1) is 45.8. The van der Waals surface area contributed by atoms with E-state index in [1.807, 2.05) is 0 Å². The van der Waals surface area contributed by atoms with Gasteiger partial charge in [0.1, 0.15) is 12.1 Å². The number of nitrogens with one attached hydrogen (secondary N) is 3. The van der Waals surface area contributed by atoms with Gasteiger partial charge in [-0.05, 0) is 77.3 Å². The SMILES string of the molecule is CCCCCCCCCCCCCCCC(=O)NC(CCCCN)C(=O)NC(CCCC)CCCCC(=O)NC(CCCCN)C(=O)O. The Hall–Kier alpha value is -2.20. The molecule has 0 aromatic rings. The van der Waals surface area contributed by atoms with Gasteiger partial charge >= 0.3 is 5.97 Å². The molecule has 3 atom stereocenters. The molecular formula is C38H75N5O5. The Kier molecular flexibility index (Phi) is 31.8. The number of hydrogen-bond donors (Lipinski definition) is 6. The zero-order valence-corrected chi connectivity index (χ0v) is 31.0. The third-order valence-electron chi connectivity index (χ3n) is 9.15. The van der Waals surface area contributed by atoms with E-state index < -0.39 is 18.1 Å². The summed E-state index contributed by atoms with van der Waals surface area (Å²) in [5.74, 6) is -1.51. The van der Waals surface area contributed by atoms with Crippen molar-refractivity contribution in [2.75, 3.05) is 13.1 Å². The monoisotopic (exact) mass is 682 g/mol. The molecule has 0 aliphatic carbocycles. The summed E-state index contributed by atoms with van der Waals surface area (Å²) < 4.78 is 0. The molecule has 0 rings (SSSR count). The molecule has 0 spiro atoms. The smallest absolute Gasteiger partial charge is 0.326 e. The molecular weight excluding hydrogens is 606 g/mol. The minimum absolute atomic E-state index is 0.0430. The highest BCUT2D eigenvalue weighted by Gasteiger charge is 2.23. The standard InChI is InChI=1S/C38H75N5O5/c1-3-5-7-8-9-10-11-12-13-14-15-16-17-28-35(44)42-33(26-20-22-30-39)37(46)41-32(24-6-4-2)25-18-19-29-36(45)43-34(38(47)48)27-21-23-31-40/h32-34H,3-31,39-40H2,1-2H3,(H,41,46)(H,42,44)(H,43,45)(H,47,48). The summed E-state index contributed by atoms with van der Waals surface area (Å²) in [5, 5.41) is 18.2. The number of hydrogen-bond acceptors (Lipinski definition) is 6. The lowest BCUT2D eigenvalue weighted by Crippen LogP contribution is -2.49. The van der Waals surface area contributed by atoms with Crippen LogP contribution in [0.25, 0.3) is 0 Å². The second-order valence-electron chi connectivity index (χ2n) is 13.7. The molecule has 0 aliphatic heterocycles. The van der Waals surface area contributed by atoms with E-state index in [2.05, 4.69) is 29.8 Å². The van der Waals surface area contributed by atoms with Gasteiger partial charge in [0.15, 0.2) is 0 Å². The van der Waals surface area contributed by atoms with E-state index in [-0.39, 0.29) is 30.2 Å². The minimum atomic E-state index is -1.03. The largest absolute Gasteiger partial charge is 0.480 e. The molecule has 3 amide bonds. The molecule has 0 heterocycles. The number of carboxylic acid groups (broad SMARTS) is 1. The summed E-state index contributed by atoms with van der Waals surface area (Å²) in [6.07, 6.45) is 25.8. The van der Waals surface area contributed by atoms with Gasteiger partial charge in [0.2, 0.25) is 17.7 Å². The van der Waals surface area contributed by atoms with Crippen LogP contribution in [-0.2, 0) is 19.2 Å². The van der Waals surface area contributed by atoms with Crippen LogP contribution >= 0.6 is 0 Å². The number of aliphatic carboxylic acids is 1. The molecule has 10 heteroatoms. The van der Waals surface area contributed by atoms with E-state index in [1.54, 1.807) is 0 Å². The summed E-state index contributed by atoms with van der Waals surface area (Å²) in [5.41, 5.74) is 11.2. The van der Waals surface area contributed by atoms with Crippen molar-refractivity contribution in [1.82, 2.24) is 16.0 Å². The molecule has 0 saturated heterocycles. The Morgan fingerprint density at radius 2 is 0.875 bits per heavy atom. The predicted octanol–water partition coefficient (Wildman–Crippen LogP) is 7.02. The Morgan fingerprint density at radius 1 is 0.479 bits per heavy atom. The molecule has 8 N–H and O–H groups in total. The van der Waals surface area contributed by atoms with E-state index in [1.165, 1.54) is 64.2 Å². The van der Waals surface area contributed by atoms with Crippen LogP contribution in [0, 0.1) is 0 Å². The molecule has 282 valence electrons. The van der Waals surface area contributed by atoms with Gasteiger partial charge in [0.25, 0.3) is 0 Å². The lowest BCUT2D eigenvalue weighted by Gasteiger charge is -2.24. The lowest BCUT2D eigenvalue weighted by atomic mass is 10.0. The normalized spacial score (nSPS) is 13.1. The summed E-state index contributed by atoms with van der Waals surface area (Å²) in [4.78, 5) is 50.1. The van der Waals surface area contributed by atoms with Crippen molar-refractivity contribution in [3.63, 3.8) is 0 Å². The first-order valence-electron chi connectivity index (χ1n) is 19.8. The van der Waals surface area contributed by atoms with Crippen LogP contribution in [0.5, 0.6) is 0 Å². The Morgan fingerprint density at radius 3 is 1.35 bits per heavy atom.